The van der Waals surface area contributed by atoms with Crippen LogP contribution in [0.15, 0.2) is 42.0 Å². The third kappa shape index (κ3) is 1.89. The molecule has 1 amide bonds. The quantitative estimate of drug-likeness (QED) is 0.782. The summed E-state index contributed by atoms with van der Waals surface area (Å²) >= 11 is 1.54. The molecule has 4 nitrogen and oxygen atoms in total. The van der Waals surface area contributed by atoms with Gasteiger partial charge in [0.25, 0.3) is 0 Å². The van der Waals surface area contributed by atoms with Gasteiger partial charge in [0, 0.05) is 22.7 Å². The highest BCUT2D eigenvalue weighted by Gasteiger charge is 2.07. The number of carbonyl (C=O) groups is 1. The Labute approximate surface area is 108 Å². The molecular formula is C13H11N3OS. The smallest absolute Gasteiger partial charge is 0.249 e. The first-order chi connectivity index (χ1) is 8.74. The Bertz CT molecular complexity index is 714. The lowest BCUT2D eigenvalue weighted by atomic mass is 10.3. The molecule has 3 aromatic heterocycles. The van der Waals surface area contributed by atoms with E-state index >= 15 is 0 Å². The van der Waals surface area contributed by atoms with Crippen molar-refractivity contribution in [3.05, 3.63) is 52.5 Å². The average Bonchev–Trinajstić information content (AvgIpc) is 2.98. The summed E-state index contributed by atoms with van der Waals surface area (Å²) < 4.78 is 2.11. The lowest BCUT2D eigenvalue weighted by Crippen LogP contribution is -2.09. The van der Waals surface area contributed by atoms with Gasteiger partial charge in [-0.1, -0.05) is 0 Å². The fraction of sp³-hybridized carbons (Fsp3) is 0.0769. The highest BCUT2D eigenvalue weighted by atomic mass is 32.1. The third-order valence-corrected chi connectivity index (χ3v) is 3.72. The summed E-state index contributed by atoms with van der Waals surface area (Å²) in [6.45, 7) is 0.729. The van der Waals surface area contributed by atoms with E-state index in [9.17, 15) is 4.79 Å². The van der Waals surface area contributed by atoms with E-state index in [4.69, 9.17) is 5.73 Å². The van der Waals surface area contributed by atoms with Crippen LogP contribution in [0.3, 0.4) is 0 Å². The molecule has 3 aromatic rings. The summed E-state index contributed by atoms with van der Waals surface area (Å²) in [5, 5.41) is 1.79. The first kappa shape index (κ1) is 11.0. The fourth-order valence-electron chi connectivity index (χ4n) is 1.92. The number of aromatic nitrogens is 2. The number of nitrogens with zero attached hydrogens (tertiary/aromatic N) is 2. The Morgan fingerprint density at radius 2 is 2.33 bits per heavy atom. The molecule has 0 aliphatic rings. The maximum atomic E-state index is 11.0. The molecule has 90 valence electrons. The zero-order valence-corrected chi connectivity index (χ0v) is 10.4. The van der Waals surface area contributed by atoms with Crippen molar-refractivity contribution in [1.29, 1.82) is 0 Å². The van der Waals surface area contributed by atoms with Crippen LogP contribution in [-0.2, 0) is 6.54 Å². The SMILES string of the molecule is NC(=O)c1csc(Cn2ccc3ncccc32)c1. The zero-order valence-electron chi connectivity index (χ0n) is 9.54. The van der Waals surface area contributed by atoms with Crippen molar-refractivity contribution in [2.75, 3.05) is 0 Å². The molecule has 0 unspecified atom stereocenters. The summed E-state index contributed by atoms with van der Waals surface area (Å²) in [7, 11) is 0. The predicted octanol–water partition coefficient (Wildman–Crippen LogP) is 2.25. The molecule has 0 saturated heterocycles. The Hall–Kier alpha value is -2.14. The molecule has 3 rings (SSSR count). The van der Waals surface area contributed by atoms with Gasteiger partial charge in [-0.2, -0.15) is 0 Å². The largest absolute Gasteiger partial charge is 0.366 e. The number of rotatable bonds is 3. The van der Waals surface area contributed by atoms with Crippen molar-refractivity contribution in [3.8, 4) is 0 Å². The number of amides is 1. The molecular weight excluding hydrogens is 246 g/mol. The van der Waals surface area contributed by atoms with Gasteiger partial charge < -0.3 is 10.3 Å². The molecule has 0 spiro atoms. The molecule has 0 saturated carbocycles. The maximum Gasteiger partial charge on any atom is 0.249 e. The highest BCUT2D eigenvalue weighted by Crippen LogP contribution is 2.19. The molecule has 0 aromatic carbocycles. The molecule has 0 atom stereocenters. The number of fused-ring (bicyclic) bond motifs is 1. The van der Waals surface area contributed by atoms with Crippen molar-refractivity contribution >= 4 is 28.3 Å². The van der Waals surface area contributed by atoms with Gasteiger partial charge in [0.1, 0.15) is 0 Å². The first-order valence-electron chi connectivity index (χ1n) is 5.51. The van der Waals surface area contributed by atoms with Crippen molar-refractivity contribution in [2.24, 2.45) is 5.73 Å². The van der Waals surface area contributed by atoms with E-state index in [0.717, 1.165) is 22.5 Å². The molecule has 2 N–H and O–H groups in total. The molecule has 5 heteroatoms. The highest BCUT2D eigenvalue weighted by molar-refractivity contribution is 7.10. The van der Waals surface area contributed by atoms with E-state index in [2.05, 4.69) is 9.55 Å². The van der Waals surface area contributed by atoms with E-state index in [-0.39, 0.29) is 5.91 Å². The number of thiophene rings is 1. The van der Waals surface area contributed by atoms with Crippen LogP contribution in [0.2, 0.25) is 0 Å². The number of hydrogen-bond donors (Lipinski definition) is 1. The van der Waals surface area contributed by atoms with Gasteiger partial charge in [0.2, 0.25) is 5.91 Å². The molecule has 3 heterocycles. The molecule has 0 aliphatic heterocycles. The molecule has 0 fully saturated rings. The average molecular weight is 257 g/mol. The minimum absolute atomic E-state index is 0.378. The normalized spacial score (nSPS) is 10.9. The number of hydrogen-bond acceptors (Lipinski definition) is 3. The minimum Gasteiger partial charge on any atom is -0.366 e. The Morgan fingerprint density at radius 3 is 3.11 bits per heavy atom. The Balaban J connectivity index is 1.93. The second-order valence-electron chi connectivity index (χ2n) is 4.02. The lowest BCUT2D eigenvalue weighted by molar-refractivity contribution is 0.100. The Kier molecular flexibility index (Phi) is 2.60. The number of pyridine rings is 1. The second-order valence-corrected chi connectivity index (χ2v) is 5.01. The van der Waals surface area contributed by atoms with Crippen molar-refractivity contribution in [1.82, 2.24) is 9.55 Å². The second kappa shape index (κ2) is 4.27. The van der Waals surface area contributed by atoms with Crippen LogP contribution in [0.5, 0.6) is 0 Å². The number of carbonyl (C=O) groups excluding carboxylic acids is 1. The van der Waals surface area contributed by atoms with Crippen molar-refractivity contribution in [2.45, 2.75) is 6.54 Å². The van der Waals surface area contributed by atoms with Crippen LogP contribution < -0.4 is 5.73 Å². The van der Waals surface area contributed by atoms with Crippen molar-refractivity contribution in [3.63, 3.8) is 0 Å². The third-order valence-electron chi connectivity index (χ3n) is 2.80. The molecule has 0 radical (unpaired) electrons. The molecule has 18 heavy (non-hydrogen) atoms. The van der Waals surface area contributed by atoms with E-state index in [1.165, 1.54) is 0 Å². The van der Waals surface area contributed by atoms with Crippen LogP contribution in [-0.4, -0.2) is 15.5 Å². The van der Waals surface area contributed by atoms with Gasteiger partial charge in [-0.05, 0) is 24.3 Å². The van der Waals surface area contributed by atoms with Crippen LogP contribution >= 0.6 is 11.3 Å². The molecule has 0 aliphatic carbocycles. The maximum absolute atomic E-state index is 11.0. The minimum atomic E-state index is -0.378. The summed E-state index contributed by atoms with van der Waals surface area (Å²) in [6.07, 6.45) is 3.78. The number of primary amides is 1. The van der Waals surface area contributed by atoms with Gasteiger partial charge in [-0.25, -0.2) is 0 Å². The van der Waals surface area contributed by atoms with E-state index in [0.29, 0.717) is 5.56 Å². The van der Waals surface area contributed by atoms with E-state index in [1.807, 2.05) is 30.5 Å². The predicted molar refractivity (Wildman–Crippen MR) is 71.7 cm³/mol. The topological polar surface area (TPSA) is 60.9 Å². The van der Waals surface area contributed by atoms with Gasteiger partial charge >= 0.3 is 0 Å². The zero-order chi connectivity index (χ0) is 12.5. The monoisotopic (exact) mass is 257 g/mol. The van der Waals surface area contributed by atoms with E-state index in [1.54, 1.807) is 22.9 Å². The lowest BCUT2D eigenvalue weighted by Gasteiger charge is -2.02. The standard InChI is InChI=1S/C13H11N3OS/c14-13(17)9-6-10(18-8-9)7-16-5-3-11-12(16)2-1-4-15-11/h1-6,8H,7H2,(H2,14,17). The summed E-state index contributed by atoms with van der Waals surface area (Å²) in [4.78, 5) is 16.4. The van der Waals surface area contributed by atoms with Crippen molar-refractivity contribution < 1.29 is 4.79 Å². The molecule has 0 bridgehead atoms. The van der Waals surface area contributed by atoms with Gasteiger partial charge in [0.05, 0.1) is 23.1 Å². The number of nitrogens with two attached hydrogens (primary N) is 1. The summed E-state index contributed by atoms with van der Waals surface area (Å²) in [6, 6.07) is 7.78. The van der Waals surface area contributed by atoms with E-state index < -0.39 is 0 Å². The van der Waals surface area contributed by atoms with Crippen LogP contribution in [0.1, 0.15) is 15.2 Å². The van der Waals surface area contributed by atoms with Crippen LogP contribution in [0, 0.1) is 0 Å². The van der Waals surface area contributed by atoms with Crippen LogP contribution in [0.25, 0.3) is 11.0 Å². The van der Waals surface area contributed by atoms with Gasteiger partial charge in [0.15, 0.2) is 0 Å². The summed E-state index contributed by atoms with van der Waals surface area (Å²) in [5.41, 5.74) is 7.88. The van der Waals surface area contributed by atoms with Gasteiger partial charge in [-0.3, -0.25) is 9.78 Å². The summed E-state index contributed by atoms with van der Waals surface area (Å²) in [5.74, 6) is -0.378. The van der Waals surface area contributed by atoms with Gasteiger partial charge in [-0.15, -0.1) is 11.3 Å². The first-order valence-corrected chi connectivity index (χ1v) is 6.39. The Morgan fingerprint density at radius 1 is 1.44 bits per heavy atom. The van der Waals surface area contributed by atoms with Crippen LogP contribution in [0.4, 0.5) is 0 Å². The fourth-order valence-corrected chi connectivity index (χ4v) is 2.79.